The van der Waals surface area contributed by atoms with Gasteiger partial charge in [0.05, 0.1) is 18.9 Å². The number of hydrogen-bond donors (Lipinski definition) is 3. The largest absolute Gasteiger partial charge is 0.496 e. The van der Waals surface area contributed by atoms with E-state index in [1.165, 1.54) is 7.11 Å². The molecule has 8 heteroatoms. The zero-order chi connectivity index (χ0) is 16.3. The Kier molecular flexibility index (Phi) is 5.19. The highest BCUT2D eigenvalue weighted by Gasteiger charge is 2.23. The molecule has 0 fully saturated rings. The van der Waals surface area contributed by atoms with Crippen LogP contribution in [-0.2, 0) is 10.0 Å². The number of carbonyl (C=O) groups excluding carboxylic acids is 1. The Balaban J connectivity index is 2.79. The molecule has 1 aromatic rings. The normalized spacial score (nSPS) is 12.0. The molecule has 118 valence electrons. The fourth-order valence-electron chi connectivity index (χ4n) is 1.83. The summed E-state index contributed by atoms with van der Waals surface area (Å²) in [6.45, 7) is 3.48. The number of carbonyl (C=O) groups is 1. The van der Waals surface area contributed by atoms with Crippen LogP contribution in [-0.4, -0.2) is 39.8 Å². The zero-order valence-electron chi connectivity index (χ0n) is 12.6. The Labute approximate surface area is 124 Å². The van der Waals surface area contributed by atoms with Crippen LogP contribution < -0.4 is 20.5 Å². The summed E-state index contributed by atoms with van der Waals surface area (Å²) in [7, 11) is -1.91. The van der Waals surface area contributed by atoms with Gasteiger partial charge in [-0.05, 0) is 26.0 Å². The summed E-state index contributed by atoms with van der Waals surface area (Å²) >= 11 is 0. The molecule has 0 saturated heterocycles. The van der Waals surface area contributed by atoms with Crippen LogP contribution in [0.25, 0.3) is 0 Å². The number of benzene rings is 1. The molecule has 0 aliphatic heterocycles. The van der Waals surface area contributed by atoms with Gasteiger partial charge in [0.1, 0.15) is 5.75 Å². The van der Waals surface area contributed by atoms with E-state index in [9.17, 15) is 13.2 Å². The van der Waals surface area contributed by atoms with Gasteiger partial charge in [-0.3, -0.25) is 4.79 Å². The van der Waals surface area contributed by atoms with E-state index in [1.807, 2.05) is 0 Å². The van der Waals surface area contributed by atoms with Gasteiger partial charge in [0.15, 0.2) is 0 Å². The minimum Gasteiger partial charge on any atom is -0.496 e. The first-order valence-corrected chi connectivity index (χ1v) is 8.14. The maximum atomic E-state index is 12.1. The van der Waals surface area contributed by atoms with Gasteiger partial charge in [-0.25, -0.2) is 13.1 Å². The van der Waals surface area contributed by atoms with Gasteiger partial charge in [0.25, 0.3) is 5.91 Å². The molecular formula is C13H21N3O4S. The van der Waals surface area contributed by atoms with Crippen LogP contribution >= 0.6 is 0 Å². The van der Waals surface area contributed by atoms with Crippen molar-refractivity contribution in [2.45, 2.75) is 19.4 Å². The highest BCUT2D eigenvalue weighted by Crippen LogP contribution is 2.21. The fourth-order valence-corrected chi connectivity index (χ4v) is 2.91. The maximum Gasteiger partial charge on any atom is 0.255 e. The van der Waals surface area contributed by atoms with Crippen LogP contribution in [0.4, 0.5) is 5.69 Å². The second-order valence-corrected chi connectivity index (χ2v) is 7.15. The third-order valence-electron chi connectivity index (χ3n) is 2.62. The number of ether oxygens (including phenoxy) is 1. The predicted molar refractivity (Wildman–Crippen MR) is 81.8 cm³/mol. The zero-order valence-corrected chi connectivity index (χ0v) is 13.4. The van der Waals surface area contributed by atoms with Crippen molar-refractivity contribution in [2.75, 3.05) is 25.6 Å². The van der Waals surface area contributed by atoms with Crippen LogP contribution in [0.1, 0.15) is 24.2 Å². The summed E-state index contributed by atoms with van der Waals surface area (Å²) in [6, 6.07) is 4.70. The van der Waals surface area contributed by atoms with Crippen LogP contribution in [0.5, 0.6) is 5.75 Å². The average molecular weight is 315 g/mol. The summed E-state index contributed by atoms with van der Waals surface area (Å²) in [5.41, 5.74) is 5.65. The molecule has 0 unspecified atom stereocenters. The summed E-state index contributed by atoms with van der Waals surface area (Å²) in [5.74, 6) is -0.00314. The van der Waals surface area contributed by atoms with Crippen molar-refractivity contribution < 1.29 is 17.9 Å². The molecular weight excluding hydrogens is 294 g/mol. The Bertz CT molecular complexity index is 626. The highest BCUT2D eigenvalue weighted by molar-refractivity contribution is 7.88. The van der Waals surface area contributed by atoms with Gasteiger partial charge in [0, 0.05) is 23.8 Å². The molecule has 0 spiro atoms. The van der Waals surface area contributed by atoms with E-state index in [-0.39, 0.29) is 12.5 Å². The smallest absolute Gasteiger partial charge is 0.255 e. The maximum absolute atomic E-state index is 12.1. The number of methoxy groups -OCH3 is 1. The second-order valence-electron chi connectivity index (χ2n) is 5.40. The van der Waals surface area contributed by atoms with Gasteiger partial charge in [-0.1, -0.05) is 0 Å². The number of sulfonamides is 1. The van der Waals surface area contributed by atoms with E-state index >= 15 is 0 Å². The van der Waals surface area contributed by atoms with E-state index in [1.54, 1.807) is 32.0 Å². The lowest BCUT2D eigenvalue weighted by molar-refractivity contribution is 0.0941. The molecule has 1 aromatic carbocycles. The molecule has 0 aliphatic rings. The lowest BCUT2D eigenvalue weighted by Crippen LogP contribution is -2.51. The number of rotatable bonds is 6. The molecule has 0 heterocycles. The van der Waals surface area contributed by atoms with Gasteiger partial charge < -0.3 is 15.8 Å². The molecule has 21 heavy (non-hydrogen) atoms. The Morgan fingerprint density at radius 1 is 1.38 bits per heavy atom. The van der Waals surface area contributed by atoms with Crippen molar-refractivity contribution in [3.05, 3.63) is 23.8 Å². The standard InChI is InChI=1S/C13H21N3O4S/c1-13(2,16-21(4,18)19)8-15-12(17)10-6-5-9(14)7-11(10)20-3/h5-7,16H,8,14H2,1-4H3,(H,15,17). The first kappa shape index (κ1) is 17.3. The number of nitrogen functional groups attached to an aromatic ring is 1. The van der Waals surface area contributed by atoms with Crippen LogP contribution in [0.2, 0.25) is 0 Å². The summed E-state index contributed by atoms with van der Waals surface area (Å²) in [5, 5.41) is 2.67. The van der Waals surface area contributed by atoms with Crippen LogP contribution in [0.3, 0.4) is 0 Å². The number of nitrogens with one attached hydrogen (secondary N) is 2. The summed E-state index contributed by atoms with van der Waals surface area (Å²) in [4.78, 5) is 12.1. The monoisotopic (exact) mass is 315 g/mol. The SMILES string of the molecule is COc1cc(N)ccc1C(=O)NCC(C)(C)NS(C)(=O)=O. The molecule has 0 atom stereocenters. The van der Waals surface area contributed by atoms with E-state index in [0.717, 1.165) is 6.26 Å². The lowest BCUT2D eigenvalue weighted by Gasteiger charge is -2.25. The minimum absolute atomic E-state index is 0.131. The van der Waals surface area contributed by atoms with Crippen molar-refractivity contribution in [1.82, 2.24) is 10.0 Å². The van der Waals surface area contributed by atoms with Gasteiger partial charge in [-0.15, -0.1) is 0 Å². The number of hydrogen-bond acceptors (Lipinski definition) is 5. The molecule has 0 aromatic heterocycles. The Morgan fingerprint density at radius 2 is 2.00 bits per heavy atom. The minimum atomic E-state index is -3.36. The first-order chi connectivity index (χ1) is 9.54. The van der Waals surface area contributed by atoms with E-state index < -0.39 is 15.6 Å². The number of anilines is 1. The average Bonchev–Trinajstić information content (AvgIpc) is 2.33. The van der Waals surface area contributed by atoms with Crippen LogP contribution in [0.15, 0.2) is 18.2 Å². The van der Waals surface area contributed by atoms with Crippen molar-refractivity contribution >= 4 is 21.6 Å². The summed E-state index contributed by atoms with van der Waals surface area (Å²) < 4.78 is 30.0. The van der Waals surface area contributed by atoms with E-state index in [4.69, 9.17) is 10.5 Å². The predicted octanol–water partition coefficient (Wildman–Crippen LogP) is 0.335. The first-order valence-electron chi connectivity index (χ1n) is 6.25. The molecule has 0 bridgehead atoms. The number of nitrogens with two attached hydrogens (primary N) is 1. The lowest BCUT2D eigenvalue weighted by atomic mass is 10.1. The van der Waals surface area contributed by atoms with Crippen molar-refractivity contribution in [1.29, 1.82) is 0 Å². The molecule has 1 rings (SSSR count). The van der Waals surface area contributed by atoms with E-state index in [2.05, 4.69) is 10.0 Å². The van der Waals surface area contributed by atoms with E-state index in [0.29, 0.717) is 17.0 Å². The molecule has 7 nitrogen and oxygen atoms in total. The number of amides is 1. The third kappa shape index (κ3) is 5.60. The van der Waals surface area contributed by atoms with Gasteiger partial charge in [-0.2, -0.15) is 0 Å². The topological polar surface area (TPSA) is 111 Å². The Hall–Kier alpha value is -1.80. The summed E-state index contributed by atoms with van der Waals surface area (Å²) in [6.07, 6.45) is 1.07. The van der Waals surface area contributed by atoms with Crippen molar-refractivity contribution in [2.24, 2.45) is 0 Å². The quantitative estimate of drug-likeness (QED) is 0.655. The van der Waals surface area contributed by atoms with Crippen molar-refractivity contribution in [3.63, 3.8) is 0 Å². The highest BCUT2D eigenvalue weighted by atomic mass is 32.2. The molecule has 4 N–H and O–H groups in total. The van der Waals surface area contributed by atoms with Gasteiger partial charge >= 0.3 is 0 Å². The fraction of sp³-hybridized carbons (Fsp3) is 0.462. The molecule has 1 amide bonds. The van der Waals surface area contributed by atoms with Crippen LogP contribution in [0, 0.1) is 0 Å². The van der Waals surface area contributed by atoms with Gasteiger partial charge in [0.2, 0.25) is 10.0 Å². The molecule has 0 radical (unpaired) electrons. The molecule has 0 aliphatic carbocycles. The molecule has 0 saturated carbocycles. The Morgan fingerprint density at radius 3 is 2.52 bits per heavy atom. The third-order valence-corrected chi connectivity index (χ3v) is 3.55. The second kappa shape index (κ2) is 6.31. The van der Waals surface area contributed by atoms with Crippen molar-refractivity contribution in [3.8, 4) is 5.75 Å².